The Hall–Kier alpha value is -1.68. The molecule has 0 amide bonds. The Morgan fingerprint density at radius 2 is 2.00 bits per heavy atom. The van der Waals surface area contributed by atoms with Crippen LogP contribution in [0.15, 0.2) is 34.2 Å². The van der Waals surface area contributed by atoms with Crippen LogP contribution in [0, 0.1) is 0 Å². The third-order valence-electron chi connectivity index (χ3n) is 4.55. The molecule has 0 radical (unpaired) electrons. The minimum absolute atomic E-state index is 0.0342. The number of primary sulfonamides is 1. The van der Waals surface area contributed by atoms with Crippen molar-refractivity contribution >= 4 is 16.0 Å². The van der Waals surface area contributed by atoms with Crippen molar-refractivity contribution in [1.82, 2.24) is 15.5 Å². The number of benzene rings is 1. The Balaban J connectivity index is 2.01. The fraction of sp³-hybridized carbons (Fsp3) is 0.611. The lowest BCUT2D eigenvalue weighted by Gasteiger charge is -2.41. The first-order valence-electron chi connectivity index (χ1n) is 9.19. The zero-order chi connectivity index (χ0) is 19.9. The number of nitrogens with one attached hydrogen (secondary N) is 2. The standard InChI is InChI=1S/C18H31N5O3S/c1-4-20-17(22-14-18(2,3)23-8-10-26-11-9-23)21-13-15-6-5-7-16(12-15)27(19,24)25/h5-7,12H,4,8-11,13-14H2,1-3H3,(H2,19,24,25)(H2,20,21,22). The molecule has 8 nitrogen and oxygen atoms in total. The summed E-state index contributed by atoms with van der Waals surface area (Å²) in [6.45, 7) is 11.6. The van der Waals surface area contributed by atoms with Gasteiger partial charge in [-0.25, -0.2) is 18.5 Å². The number of guanidine groups is 1. The molecule has 0 aromatic heterocycles. The molecule has 27 heavy (non-hydrogen) atoms. The Morgan fingerprint density at radius 1 is 1.30 bits per heavy atom. The lowest BCUT2D eigenvalue weighted by molar-refractivity contribution is -0.00834. The van der Waals surface area contributed by atoms with Crippen LogP contribution in [0.4, 0.5) is 0 Å². The van der Waals surface area contributed by atoms with Gasteiger partial charge in [0.2, 0.25) is 10.0 Å². The van der Waals surface area contributed by atoms with E-state index >= 15 is 0 Å². The average molecular weight is 398 g/mol. The predicted molar refractivity (Wildman–Crippen MR) is 107 cm³/mol. The van der Waals surface area contributed by atoms with Crippen molar-refractivity contribution in [2.75, 3.05) is 39.4 Å². The van der Waals surface area contributed by atoms with Crippen molar-refractivity contribution in [3.63, 3.8) is 0 Å². The van der Waals surface area contributed by atoms with Crippen molar-refractivity contribution in [2.24, 2.45) is 10.1 Å². The van der Waals surface area contributed by atoms with E-state index in [0.717, 1.165) is 45.0 Å². The molecule has 0 unspecified atom stereocenters. The van der Waals surface area contributed by atoms with Crippen LogP contribution < -0.4 is 15.8 Å². The van der Waals surface area contributed by atoms with Crippen molar-refractivity contribution in [2.45, 2.75) is 37.8 Å². The van der Waals surface area contributed by atoms with Gasteiger partial charge in [0.1, 0.15) is 0 Å². The Kier molecular flexibility index (Phi) is 7.60. The molecule has 2 rings (SSSR count). The second-order valence-corrected chi connectivity index (χ2v) is 8.71. The second kappa shape index (κ2) is 9.50. The van der Waals surface area contributed by atoms with E-state index in [1.807, 2.05) is 13.0 Å². The van der Waals surface area contributed by atoms with Crippen LogP contribution in [0.5, 0.6) is 0 Å². The Labute approximate surface area is 162 Å². The van der Waals surface area contributed by atoms with Crippen molar-refractivity contribution in [3.8, 4) is 0 Å². The molecule has 0 aliphatic carbocycles. The summed E-state index contributed by atoms with van der Waals surface area (Å²) in [5.41, 5.74) is 0.749. The lowest BCUT2D eigenvalue weighted by Crippen LogP contribution is -2.56. The summed E-state index contributed by atoms with van der Waals surface area (Å²) in [6, 6.07) is 6.54. The monoisotopic (exact) mass is 397 g/mol. The first-order valence-corrected chi connectivity index (χ1v) is 10.7. The normalized spacial score (nSPS) is 17.0. The van der Waals surface area contributed by atoms with E-state index in [1.165, 1.54) is 6.07 Å². The fourth-order valence-electron chi connectivity index (χ4n) is 2.91. The maximum Gasteiger partial charge on any atom is 0.238 e. The third-order valence-corrected chi connectivity index (χ3v) is 5.46. The zero-order valence-electron chi connectivity index (χ0n) is 16.4. The quantitative estimate of drug-likeness (QED) is 0.457. The van der Waals surface area contributed by atoms with Crippen molar-refractivity contribution in [3.05, 3.63) is 29.8 Å². The maximum absolute atomic E-state index is 11.5. The zero-order valence-corrected chi connectivity index (χ0v) is 17.2. The van der Waals surface area contributed by atoms with Gasteiger partial charge in [-0.1, -0.05) is 12.1 Å². The minimum atomic E-state index is -3.71. The van der Waals surface area contributed by atoms with Crippen LogP contribution in [0.1, 0.15) is 26.3 Å². The van der Waals surface area contributed by atoms with Gasteiger partial charge in [-0.2, -0.15) is 0 Å². The summed E-state index contributed by atoms with van der Waals surface area (Å²) in [7, 11) is -3.71. The molecular formula is C18H31N5O3S. The van der Waals surface area contributed by atoms with Gasteiger partial charge in [0.15, 0.2) is 5.96 Å². The molecule has 152 valence electrons. The molecule has 1 fully saturated rings. The smallest absolute Gasteiger partial charge is 0.238 e. The molecule has 1 heterocycles. The molecule has 9 heteroatoms. The Bertz CT molecular complexity index is 743. The summed E-state index contributed by atoms with van der Waals surface area (Å²) in [5, 5.41) is 11.8. The van der Waals surface area contributed by atoms with Crippen LogP contribution in [0.2, 0.25) is 0 Å². The van der Waals surface area contributed by atoms with Gasteiger partial charge in [-0.05, 0) is 38.5 Å². The summed E-state index contributed by atoms with van der Waals surface area (Å²) in [5.74, 6) is 0.694. The highest BCUT2D eigenvalue weighted by Gasteiger charge is 2.28. The molecule has 1 aromatic rings. The van der Waals surface area contributed by atoms with E-state index in [4.69, 9.17) is 9.88 Å². The minimum Gasteiger partial charge on any atom is -0.379 e. The fourth-order valence-corrected chi connectivity index (χ4v) is 3.50. The number of ether oxygens (including phenoxy) is 1. The van der Waals surface area contributed by atoms with Gasteiger partial charge in [0, 0.05) is 31.7 Å². The van der Waals surface area contributed by atoms with Crippen LogP contribution in [-0.4, -0.2) is 64.2 Å². The summed E-state index contributed by atoms with van der Waals surface area (Å²) >= 11 is 0. The molecule has 0 atom stereocenters. The molecule has 0 bridgehead atoms. The highest BCUT2D eigenvalue weighted by atomic mass is 32.2. The number of nitrogens with two attached hydrogens (primary N) is 1. The lowest BCUT2D eigenvalue weighted by atomic mass is 10.0. The number of hydrogen-bond donors (Lipinski definition) is 3. The molecule has 1 aliphatic rings. The van der Waals surface area contributed by atoms with Gasteiger partial charge in [-0.3, -0.25) is 4.90 Å². The van der Waals surface area contributed by atoms with Crippen LogP contribution in [0.3, 0.4) is 0 Å². The molecule has 1 saturated heterocycles. The summed E-state index contributed by atoms with van der Waals surface area (Å²) in [6.07, 6.45) is 0. The predicted octanol–water partition coefficient (Wildman–Crippen LogP) is 0.500. The van der Waals surface area contributed by atoms with E-state index in [9.17, 15) is 8.42 Å². The van der Waals surface area contributed by atoms with E-state index in [1.54, 1.807) is 12.1 Å². The van der Waals surface area contributed by atoms with Gasteiger partial charge < -0.3 is 15.4 Å². The molecule has 0 spiro atoms. The van der Waals surface area contributed by atoms with Gasteiger partial charge >= 0.3 is 0 Å². The molecule has 0 saturated carbocycles. The van der Waals surface area contributed by atoms with E-state index in [0.29, 0.717) is 12.5 Å². The maximum atomic E-state index is 11.5. The van der Waals surface area contributed by atoms with Crippen LogP contribution in [-0.2, 0) is 21.3 Å². The van der Waals surface area contributed by atoms with Gasteiger partial charge in [0.05, 0.1) is 24.7 Å². The molecule has 1 aliphatic heterocycles. The SMILES string of the molecule is CCNC(=NCc1cccc(S(N)(=O)=O)c1)NCC(C)(C)N1CCOCC1. The average Bonchev–Trinajstić information content (AvgIpc) is 2.64. The second-order valence-electron chi connectivity index (χ2n) is 7.15. The molecule has 1 aromatic carbocycles. The van der Waals surface area contributed by atoms with Crippen molar-refractivity contribution in [1.29, 1.82) is 0 Å². The number of hydrogen-bond acceptors (Lipinski definition) is 5. The highest BCUT2D eigenvalue weighted by Crippen LogP contribution is 2.15. The van der Waals surface area contributed by atoms with E-state index in [2.05, 4.69) is 34.4 Å². The van der Waals surface area contributed by atoms with Crippen LogP contribution in [0.25, 0.3) is 0 Å². The number of morpholine rings is 1. The van der Waals surface area contributed by atoms with E-state index < -0.39 is 10.0 Å². The van der Waals surface area contributed by atoms with E-state index in [-0.39, 0.29) is 10.4 Å². The number of nitrogens with zero attached hydrogens (tertiary/aromatic N) is 2. The summed E-state index contributed by atoms with van der Waals surface area (Å²) < 4.78 is 28.4. The van der Waals surface area contributed by atoms with Crippen LogP contribution >= 0.6 is 0 Å². The first-order chi connectivity index (χ1) is 12.7. The molecular weight excluding hydrogens is 366 g/mol. The number of aliphatic imine (C=N–C) groups is 1. The van der Waals surface area contributed by atoms with Gasteiger partial charge in [-0.15, -0.1) is 0 Å². The number of sulfonamides is 1. The third kappa shape index (κ3) is 6.76. The highest BCUT2D eigenvalue weighted by molar-refractivity contribution is 7.89. The topological polar surface area (TPSA) is 109 Å². The first kappa shape index (κ1) is 21.6. The summed E-state index contributed by atoms with van der Waals surface area (Å²) in [4.78, 5) is 7.07. The van der Waals surface area contributed by atoms with Gasteiger partial charge in [0.25, 0.3) is 0 Å². The largest absolute Gasteiger partial charge is 0.379 e. The Morgan fingerprint density at radius 3 is 2.63 bits per heavy atom. The number of rotatable bonds is 7. The van der Waals surface area contributed by atoms with Crippen molar-refractivity contribution < 1.29 is 13.2 Å². The molecule has 4 N–H and O–H groups in total.